The van der Waals surface area contributed by atoms with Crippen LogP contribution in [0.3, 0.4) is 0 Å². The number of hydrogen-bond acceptors (Lipinski definition) is 8. The maximum Gasteiger partial charge on any atom is 0.343 e. The van der Waals surface area contributed by atoms with Crippen LogP contribution in [0, 0.1) is 10.1 Å². The molecule has 0 aliphatic rings. The van der Waals surface area contributed by atoms with Crippen LogP contribution in [0.25, 0.3) is 17.3 Å². The third kappa shape index (κ3) is 3.89. The van der Waals surface area contributed by atoms with Crippen LogP contribution in [0.2, 0.25) is 0 Å². The summed E-state index contributed by atoms with van der Waals surface area (Å²) in [5.74, 6) is 1.64. The van der Waals surface area contributed by atoms with Crippen molar-refractivity contribution in [2.45, 2.75) is 6.92 Å². The summed E-state index contributed by atoms with van der Waals surface area (Å²) in [6.45, 7) is 3.50. The van der Waals surface area contributed by atoms with Crippen LogP contribution in [0.5, 0.6) is 0 Å². The summed E-state index contributed by atoms with van der Waals surface area (Å²) >= 11 is 0. The fourth-order valence-corrected chi connectivity index (χ4v) is 2.43. The second-order valence-corrected chi connectivity index (χ2v) is 6.17. The van der Waals surface area contributed by atoms with E-state index in [4.69, 9.17) is 0 Å². The van der Waals surface area contributed by atoms with E-state index in [1.807, 2.05) is 21.0 Å². The van der Waals surface area contributed by atoms with Gasteiger partial charge in [0, 0.05) is 13.1 Å². The lowest BCUT2D eigenvalue weighted by Crippen LogP contribution is -2.29. The first-order valence-corrected chi connectivity index (χ1v) is 8.19. The Bertz CT molecular complexity index is 1000. The molecule has 0 aromatic carbocycles. The lowest BCUT2D eigenvalue weighted by atomic mass is 10.5. The maximum absolute atomic E-state index is 11.0. The van der Waals surface area contributed by atoms with Gasteiger partial charge in [0.1, 0.15) is 12.0 Å². The normalized spacial score (nSPS) is 12.1. The summed E-state index contributed by atoms with van der Waals surface area (Å²) in [5.41, 5.74) is 0.493. The highest BCUT2D eigenvalue weighted by Crippen LogP contribution is 2.21. The molecule has 3 aromatic heterocycles. The third-order valence-electron chi connectivity index (χ3n) is 3.82. The SMILES string of the molecule is CC(=Nc1ccc2nnc(-c3ncc([N+](=O)[O-])n3C)n2n1)NCCN(C)C. The van der Waals surface area contributed by atoms with Crippen LogP contribution in [0.15, 0.2) is 23.3 Å². The van der Waals surface area contributed by atoms with Gasteiger partial charge in [-0.05, 0) is 38.1 Å². The van der Waals surface area contributed by atoms with Crippen molar-refractivity contribution in [1.82, 2.24) is 39.6 Å². The topological polar surface area (TPSA) is 132 Å². The van der Waals surface area contributed by atoms with E-state index in [9.17, 15) is 10.1 Å². The third-order valence-corrected chi connectivity index (χ3v) is 3.82. The maximum atomic E-state index is 11.0. The van der Waals surface area contributed by atoms with Crippen molar-refractivity contribution in [3.8, 4) is 11.6 Å². The molecule has 0 amide bonds. The minimum atomic E-state index is -0.508. The quantitative estimate of drug-likeness (QED) is 0.288. The highest BCUT2D eigenvalue weighted by Gasteiger charge is 2.23. The minimum absolute atomic E-state index is 0.142. The van der Waals surface area contributed by atoms with Gasteiger partial charge in [-0.15, -0.1) is 15.3 Å². The molecule has 3 heterocycles. The Labute approximate surface area is 154 Å². The lowest BCUT2D eigenvalue weighted by Gasteiger charge is -2.10. The number of nitrogens with zero attached hydrogens (tertiary/aromatic N) is 9. The predicted molar refractivity (Wildman–Crippen MR) is 99.0 cm³/mol. The molecule has 3 rings (SSSR count). The van der Waals surface area contributed by atoms with Gasteiger partial charge in [-0.3, -0.25) is 0 Å². The van der Waals surface area contributed by atoms with Crippen molar-refractivity contribution in [3.05, 3.63) is 28.4 Å². The van der Waals surface area contributed by atoms with E-state index in [0.717, 1.165) is 18.9 Å². The standard InChI is InChI=1S/C15H20N10O2/c1-10(16-7-8-22(2)3)18-11-5-6-12-19-20-15(24(12)21-11)14-17-9-13(23(14)4)25(26)27/h5-6,9H,7-8H2,1-4H3,(H,16,18,21). The average molecular weight is 372 g/mol. The van der Waals surface area contributed by atoms with Gasteiger partial charge < -0.3 is 20.3 Å². The van der Waals surface area contributed by atoms with Crippen molar-refractivity contribution < 1.29 is 4.92 Å². The number of amidine groups is 1. The van der Waals surface area contributed by atoms with Gasteiger partial charge >= 0.3 is 5.82 Å². The summed E-state index contributed by atoms with van der Waals surface area (Å²) in [7, 11) is 5.54. The molecule has 0 aliphatic heterocycles. The highest BCUT2D eigenvalue weighted by molar-refractivity contribution is 5.81. The summed E-state index contributed by atoms with van der Waals surface area (Å²) in [6, 6.07) is 3.46. The second kappa shape index (κ2) is 7.45. The molecule has 0 spiro atoms. The molecule has 27 heavy (non-hydrogen) atoms. The molecular weight excluding hydrogens is 352 g/mol. The van der Waals surface area contributed by atoms with Crippen molar-refractivity contribution >= 4 is 23.1 Å². The Kier molecular flexibility index (Phi) is 5.07. The summed E-state index contributed by atoms with van der Waals surface area (Å²) in [5, 5.41) is 26.8. The first-order chi connectivity index (χ1) is 12.9. The predicted octanol–water partition coefficient (Wildman–Crippen LogP) is 0.634. The van der Waals surface area contributed by atoms with E-state index < -0.39 is 4.92 Å². The summed E-state index contributed by atoms with van der Waals surface area (Å²) in [4.78, 5) is 21.1. The van der Waals surface area contributed by atoms with Gasteiger partial charge in [0.15, 0.2) is 11.5 Å². The molecule has 0 bridgehead atoms. The number of aromatic nitrogens is 6. The van der Waals surface area contributed by atoms with Crippen LogP contribution >= 0.6 is 0 Å². The fourth-order valence-electron chi connectivity index (χ4n) is 2.43. The molecule has 0 radical (unpaired) electrons. The molecular formula is C15H20N10O2. The van der Waals surface area contributed by atoms with E-state index >= 15 is 0 Å². The molecule has 12 heteroatoms. The molecule has 0 atom stereocenters. The van der Waals surface area contributed by atoms with Gasteiger partial charge in [-0.1, -0.05) is 0 Å². The highest BCUT2D eigenvalue weighted by atomic mass is 16.6. The first-order valence-electron chi connectivity index (χ1n) is 8.19. The summed E-state index contributed by atoms with van der Waals surface area (Å²) < 4.78 is 2.81. The van der Waals surface area contributed by atoms with E-state index in [-0.39, 0.29) is 5.82 Å². The zero-order valence-electron chi connectivity index (χ0n) is 15.5. The number of imidazole rings is 1. The Hall–Kier alpha value is -3.41. The molecule has 3 aromatic rings. The Morgan fingerprint density at radius 3 is 2.78 bits per heavy atom. The second-order valence-electron chi connectivity index (χ2n) is 6.17. The molecule has 0 unspecified atom stereocenters. The van der Waals surface area contributed by atoms with Crippen molar-refractivity contribution in [2.24, 2.45) is 12.0 Å². The van der Waals surface area contributed by atoms with Gasteiger partial charge in [-0.25, -0.2) is 14.5 Å². The van der Waals surface area contributed by atoms with Crippen molar-refractivity contribution in [1.29, 1.82) is 0 Å². The Balaban J connectivity index is 1.92. The zero-order valence-corrected chi connectivity index (χ0v) is 15.5. The van der Waals surface area contributed by atoms with Gasteiger partial charge in [0.05, 0.1) is 7.05 Å². The molecule has 0 aliphatic carbocycles. The lowest BCUT2D eigenvalue weighted by molar-refractivity contribution is -0.391. The van der Waals surface area contributed by atoms with E-state index in [1.165, 1.54) is 15.3 Å². The molecule has 142 valence electrons. The fraction of sp³-hybridized carbons (Fsp3) is 0.400. The smallest absolute Gasteiger partial charge is 0.343 e. The number of rotatable bonds is 6. The van der Waals surface area contributed by atoms with Crippen molar-refractivity contribution in [3.63, 3.8) is 0 Å². The van der Waals surface area contributed by atoms with E-state index in [0.29, 0.717) is 23.1 Å². The summed E-state index contributed by atoms with van der Waals surface area (Å²) in [6.07, 6.45) is 1.18. The van der Waals surface area contributed by atoms with Gasteiger partial charge in [0.25, 0.3) is 5.82 Å². The Morgan fingerprint density at radius 2 is 2.11 bits per heavy atom. The number of nitro groups is 1. The number of fused-ring (bicyclic) bond motifs is 1. The molecule has 1 N–H and O–H groups in total. The van der Waals surface area contributed by atoms with Crippen LogP contribution in [-0.4, -0.2) is 72.2 Å². The van der Waals surface area contributed by atoms with E-state index in [1.54, 1.807) is 19.2 Å². The Morgan fingerprint density at radius 1 is 1.33 bits per heavy atom. The average Bonchev–Trinajstić information content (AvgIpc) is 3.17. The number of hydrogen-bond donors (Lipinski definition) is 1. The number of nitrogens with one attached hydrogen (secondary N) is 1. The number of likely N-dealkylation sites (N-methyl/N-ethyl adjacent to an activating group) is 1. The minimum Gasteiger partial charge on any atom is -0.372 e. The van der Waals surface area contributed by atoms with Crippen LogP contribution in [-0.2, 0) is 7.05 Å². The van der Waals surface area contributed by atoms with Gasteiger partial charge in [-0.2, -0.15) is 4.52 Å². The monoisotopic (exact) mass is 372 g/mol. The van der Waals surface area contributed by atoms with Crippen LogP contribution in [0.1, 0.15) is 6.92 Å². The van der Waals surface area contributed by atoms with Crippen molar-refractivity contribution in [2.75, 3.05) is 27.2 Å². The molecule has 12 nitrogen and oxygen atoms in total. The zero-order chi connectivity index (χ0) is 19.6. The molecule has 0 fully saturated rings. The van der Waals surface area contributed by atoms with E-state index in [2.05, 4.69) is 35.5 Å². The van der Waals surface area contributed by atoms with Crippen LogP contribution < -0.4 is 5.32 Å². The van der Waals surface area contributed by atoms with Gasteiger partial charge in [0.2, 0.25) is 5.82 Å². The van der Waals surface area contributed by atoms with Crippen LogP contribution in [0.4, 0.5) is 11.6 Å². The molecule has 0 saturated heterocycles. The molecule has 0 saturated carbocycles. The first kappa shape index (κ1) is 18.4. The largest absolute Gasteiger partial charge is 0.372 e. The number of aliphatic imine (C=N–C) groups is 1.